The Morgan fingerprint density at radius 1 is 1.25 bits per heavy atom. The number of amides is 1. The number of ether oxygens (including phenoxy) is 1. The molecule has 3 atom stereocenters. The number of rotatable bonds is 7. The van der Waals surface area contributed by atoms with Crippen LogP contribution in [0, 0.1) is 11.3 Å². The number of likely N-dealkylation sites (tertiary alicyclic amines) is 1. The van der Waals surface area contributed by atoms with Gasteiger partial charge in [-0.3, -0.25) is 4.79 Å². The van der Waals surface area contributed by atoms with E-state index in [1.165, 1.54) is 18.2 Å². The van der Waals surface area contributed by atoms with Gasteiger partial charge in [0.1, 0.15) is 30.4 Å². The Bertz CT molecular complexity index is 1420. The Morgan fingerprint density at radius 2 is 2.00 bits per heavy atom. The fourth-order valence-electron chi connectivity index (χ4n) is 4.84. The van der Waals surface area contributed by atoms with E-state index >= 15 is 0 Å². The first-order chi connectivity index (χ1) is 19.1. The maximum Gasteiger partial charge on any atom is 0.251 e. The molecule has 1 amide bonds. The molecule has 0 saturated carbocycles. The van der Waals surface area contributed by atoms with E-state index in [0.29, 0.717) is 30.4 Å². The number of nitrogens with one attached hydrogen (secondary N) is 1. The predicted molar refractivity (Wildman–Crippen MR) is 145 cm³/mol. The van der Waals surface area contributed by atoms with Crippen LogP contribution < -0.4 is 15.0 Å². The van der Waals surface area contributed by atoms with Crippen LogP contribution in [0.2, 0.25) is 0 Å². The zero-order valence-electron chi connectivity index (χ0n) is 22.2. The molecule has 0 radical (unpaired) electrons. The van der Waals surface area contributed by atoms with Crippen molar-refractivity contribution in [3.63, 3.8) is 0 Å². The standard InChI is InChI=1S/C28H30FN7O4/c1-17(37)26(38)35-10-9-24(22(29)13-35)40-23-8-3-18(11-19(23)12-30)25-31-16-32-27(34-25)33-20-4-6-21(7-5-20)36-14-28(2,39)15-36/h3-8,11,16-17,22,24,37,39H,9-10,13-15H2,1-2H3,(H,31,32,33,34)/t17-,22-,24-/m0/s1. The van der Waals surface area contributed by atoms with Crippen LogP contribution in [0.1, 0.15) is 25.8 Å². The van der Waals surface area contributed by atoms with Crippen molar-refractivity contribution in [3.8, 4) is 23.2 Å². The Kier molecular flexibility index (Phi) is 7.51. The van der Waals surface area contributed by atoms with E-state index in [-0.39, 0.29) is 30.8 Å². The van der Waals surface area contributed by atoms with Gasteiger partial charge in [0.2, 0.25) is 5.95 Å². The van der Waals surface area contributed by atoms with Crippen molar-refractivity contribution in [2.24, 2.45) is 0 Å². The summed E-state index contributed by atoms with van der Waals surface area (Å²) in [6.45, 7) is 4.40. The summed E-state index contributed by atoms with van der Waals surface area (Å²) in [6.07, 6.45) is -1.88. The smallest absolute Gasteiger partial charge is 0.251 e. The summed E-state index contributed by atoms with van der Waals surface area (Å²) in [5.74, 6) is 0.370. The highest BCUT2D eigenvalue weighted by Crippen LogP contribution is 2.30. The van der Waals surface area contributed by atoms with Gasteiger partial charge in [0.25, 0.3) is 5.91 Å². The quantitative estimate of drug-likeness (QED) is 0.403. The van der Waals surface area contributed by atoms with Gasteiger partial charge in [-0.05, 0) is 56.3 Å². The number of β-amino-alcohol motifs (C(OH)–C–C–N with tert-alkyl or cyclic N) is 1. The number of carbonyl (C=O) groups excluding carboxylic acids is 1. The topological polar surface area (TPSA) is 148 Å². The van der Waals surface area contributed by atoms with Crippen LogP contribution >= 0.6 is 0 Å². The molecule has 0 bridgehead atoms. The molecule has 0 unspecified atom stereocenters. The number of nitriles is 1. The van der Waals surface area contributed by atoms with Crippen molar-refractivity contribution in [3.05, 3.63) is 54.4 Å². The molecule has 3 N–H and O–H groups in total. The maximum atomic E-state index is 14.8. The normalized spacial score (nSPS) is 20.7. The first-order valence-corrected chi connectivity index (χ1v) is 13.0. The van der Waals surface area contributed by atoms with Crippen LogP contribution in [0.5, 0.6) is 5.75 Å². The zero-order valence-corrected chi connectivity index (χ0v) is 22.2. The third-order valence-electron chi connectivity index (χ3n) is 6.91. The molecule has 11 nitrogen and oxygen atoms in total. The van der Waals surface area contributed by atoms with Gasteiger partial charge in [0, 0.05) is 43.0 Å². The van der Waals surface area contributed by atoms with E-state index in [1.807, 2.05) is 31.2 Å². The number of hydrogen-bond acceptors (Lipinski definition) is 10. The molecule has 12 heteroatoms. The fourth-order valence-corrected chi connectivity index (χ4v) is 4.84. The number of alkyl halides is 1. The monoisotopic (exact) mass is 547 g/mol. The van der Waals surface area contributed by atoms with E-state index < -0.39 is 29.9 Å². The first-order valence-electron chi connectivity index (χ1n) is 13.0. The van der Waals surface area contributed by atoms with Gasteiger partial charge >= 0.3 is 0 Å². The van der Waals surface area contributed by atoms with Crippen LogP contribution in [0.4, 0.5) is 21.7 Å². The van der Waals surface area contributed by atoms with Gasteiger partial charge in [-0.1, -0.05) is 0 Å². The average molecular weight is 548 g/mol. The zero-order chi connectivity index (χ0) is 28.4. The molecular formula is C28H30FN7O4. The molecule has 208 valence electrons. The predicted octanol–water partition coefficient (Wildman–Crippen LogP) is 2.42. The molecule has 2 saturated heterocycles. The molecule has 2 fully saturated rings. The van der Waals surface area contributed by atoms with E-state index in [0.717, 1.165) is 11.4 Å². The number of aliphatic hydroxyl groups is 2. The van der Waals surface area contributed by atoms with Gasteiger partial charge in [-0.15, -0.1) is 0 Å². The molecule has 3 heterocycles. The van der Waals surface area contributed by atoms with E-state index in [9.17, 15) is 24.7 Å². The number of carbonyl (C=O) groups is 1. The summed E-state index contributed by atoms with van der Waals surface area (Å²) in [5, 5.41) is 32.3. The minimum atomic E-state index is -1.46. The lowest BCUT2D eigenvalue weighted by Gasteiger charge is -2.45. The first kappa shape index (κ1) is 27.2. The van der Waals surface area contributed by atoms with Crippen molar-refractivity contribution >= 4 is 23.2 Å². The number of aromatic nitrogens is 3. The fraction of sp³-hybridized carbons (Fsp3) is 0.393. The van der Waals surface area contributed by atoms with Crippen molar-refractivity contribution in [2.75, 3.05) is 36.4 Å². The molecule has 2 aliphatic rings. The summed E-state index contributed by atoms with van der Waals surface area (Å²) in [7, 11) is 0. The van der Waals surface area contributed by atoms with Gasteiger partial charge in [-0.25, -0.2) is 14.4 Å². The van der Waals surface area contributed by atoms with Crippen molar-refractivity contribution in [1.29, 1.82) is 5.26 Å². The Labute approximate surface area is 230 Å². The summed E-state index contributed by atoms with van der Waals surface area (Å²) in [4.78, 5) is 28.2. The van der Waals surface area contributed by atoms with E-state index in [4.69, 9.17) is 4.74 Å². The number of hydrogen-bond donors (Lipinski definition) is 3. The second-order valence-corrected chi connectivity index (χ2v) is 10.4. The number of halogens is 1. The summed E-state index contributed by atoms with van der Waals surface area (Å²) >= 11 is 0. The molecule has 2 aliphatic heterocycles. The summed E-state index contributed by atoms with van der Waals surface area (Å²) in [5.41, 5.74) is 1.89. The second kappa shape index (κ2) is 11.0. The summed E-state index contributed by atoms with van der Waals surface area (Å²) in [6, 6.07) is 14.6. The highest BCUT2D eigenvalue weighted by molar-refractivity contribution is 5.80. The molecule has 0 spiro atoms. The third kappa shape index (κ3) is 5.95. The number of benzene rings is 2. The highest BCUT2D eigenvalue weighted by Gasteiger charge is 2.36. The lowest BCUT2D eigenvalue weighted by Crippen LogP contribution is -2.60. The van der Waals surface area contributed by atoms with E-state index in [2.05, 4.69) is 31.2 Å². The maximum absolute atomic E-state index is 14.8. The van der Waals surface area contributed by atoms with Gasteiger partial charge in [0.05, 0.1) is 17.7 Å². The molecule has 3 aromatic rings. The second-order valence-electron chi connectivity index (χ2n) is 10.4. The van der Waals surface area contributed by atoms with Crippen LogP contribution in [-0.2, 0) is 4.79 Å². The number of anilines is 3. The van der Waals surface area contributed by atoms with Crippen molar-refractivity contribution in [2.45, 2.75) is 44.2 Å². The lowest BCUT2D eigenvalue weighted by molar-refractivity contribution is -0.143. The van der Waals surface area contributed by atoms with Crippen molar-refractivity contribution < 1.29 is 24.1 Å². The van der Waals surface area contributed by atoms with Crippen LogP contribution in [0.15, 0.2) is 48.8 Å². The van der Waals surface area contributed by atoms with Crippen LogP contribution in [-0.4, -0.2) is 86.1 Å². The molecule has 1 aromatic heterocycles. The molecule has 0 aliphatic carbocycles. The minimum absolute atomic E-state index is 0.182. The third-order valence-corrected chi connectivity index (χ3v) is 6.91. The summed E-state index contributed by atoms with van der Waals surface area (Å²) < 4.78 is 20.6. The molecular weight excluding hydrogens is 517 g/mol. The highest BCUT2D eigenvalue weighted by atomic mass is 19.1. The van der Waals surface area contributed by atoms with E-state index in [1.54, 1.807) is 18.2 Å². The molecule has 40 heavy (non-hydrogen) atoms. The van der Waals surface area contributed by atoms with Crippen molar-refractivity contribution in [1.82, 2.24) is 19.9 Å². The Hall–Kier alpha value is -4.34. The van der Waals surface area contributed by atoms with Crippen LogP contribution in [0.3, 0.4) is 0 Å². The number of piperidine rings is 1. The minimum Gasteiger partial charge on any atom is -0.486 e. The largest absolute Gasteiger partial charge is 0.486 e. The number of nitrogens with zero attached hydrogens (tertiary/aromatic N) is 6. The van der Waals surface area contributed by atoms with Gasteiger partial charge in [-0.2, -0.15) is 10.2 Å². The molecule has 2 aromatic carbocycles. The molecule has 5 rings (SSSR count). The van der Waals surface area contributed by atoms with Gasteiger partial charge < -0.3 is 30.1 Å². The van der Waals surface area contributed by atoms with Crippen LogP contribution in [0.25, 0.3) is 11.4 Å². The number of aliphatic hydroxyl groups excluding tert-OH is 1. The van der Waals surface area contributed by atoms with Gasteiger partial charge in [0.15, 0.2) is 12.0 Å². The lowest BCUT2D eigenvalue weighted by atomic mass is 9.96. The Balaban J connectivity index is 1.25. The SMILES string of the molecule is C[C@H](O)C(=O)N1CC[C@H](Oc2ccc(-c3ncnc(Nc4ccc(N5CC(C)(O)C5)cc4)n3)cc2C#N)[C@@H](F)C1. The Morgan fingerprint density at radius 3 is 2.65 bits per heavy atom. The average Bonchev–Trinajstić information content (AvgIpc) is 2.93.